The molecule has 0 bridgehead atoms. The van der Waals surface area contributed by atoms with Crippen LogP contribution in [0.1, 0.15) is 88.9 Å². The molecule has 2 heterocycles. The number of benzene rings is 1. The summed E-state index contributed by atoms with van der Waals surface area (Å²) in [6.07, 6.45) is 4.29. The molecule has 3 atom stereocenters. The standard InChI is InChI=1S/C28H39N5O4/c1-18(30-26(35)36-27(2,3)4)24(34)33-14-10-20(11-15-33)23-31-25(32-37-23)28(12-13-28)17-29-22-16-21(22)19-8-6-5-7-9-19/h5-9,18,20-22,29H,10-17H2,1-4H3,(H,30,35)/t18-,21-,22+/m0/s1. The molecule has 9 nitrogen and oxygen atoms in total. The number of hydrogen-bond acceptors (Lipinski definition) is 7. The number of alkyl carbamates (subject to hydrolysis) is 1. The molecule has 5 rings (SSSR count). The Labute approximate surface area is 218 Å². The zero-order chi connectivity index (χ0) is 26.2. The van der Waals surface area contributed by atoms with Crippen LogP contribution in [0, 0.1) is 0 Å². The number of nitrogens with zero attached hydrogens (tertiary/aromatic N) is 3. The minimum Gasteiger partial charge on any atom is -0.444 e. The van der Waals surface area contributed by atoms with E-state index in [9.17, 15) is 9.59 Å². The molecule has 2 aromatic rings. The van der Waals surface area contributed by atoms with Crippen LogP contribution >= 0.6 is 0 Å². The van der Waals surface area contributed by atoms with Crippen molar-refractivity contribution in [3.05, 3.63) is 47.6 Å². The van der Waals surface area contributed by atoms with Crippen LogP contribution in [0.2, 0.25) is 0 Å². The molecular formula is C28H39N5O4. The van der Waals surface area contributed by atoms with Gasteiger partial charge in [-0.1, -0.05) is 35.5 Å². The molecule has 2 aliphatic carbocycles. The maximum absolute atomic E-state index is 12.8. The highest BCUT2D eigenvalue weighted by molar-refractivity contribution is 5.85. The van der Waals surface area contributed by atoms with E-state index in [1.165, 1.54) is 12.0 Å². The Morgan fingerprint density at radius 3 is 2.54 bits per heavy atom. The normalized spacial score (nSPS) is 23.8. The molecular weight excluding hydrogens is 470 g/mol. The number of nitrogens with one attached hydrogen (secondary N) is 2. The van der Waals surface area contributed by atoms with E-state index in [1.807, 2.05) is 0 Å². The van der Waals surface area contributed by atoms with Crippen molar-refractivity contribution in [1.29, 1.82) is 0 Å². The lowest BCUT2D eigenvalue weighted by atomic mass is 9.96. The van der Waals surface area contributed by atoms with Crippen molar-refractivity contribution in [2.75, 3.05) is 19.6 Å². The van der Waals surface area contributed by atoms with Crippen molar-refractivity contribution < 1.29 is 18.8 Å². The lowest BCUT2D eigenvalue weighted by Gasteiger charge is -2.32. The summed E-state index contributed by atoms with van der Waals surface area (Å²) in [6.45, 7) is 9.15. The van der Waals surface area contributed by atoms with Gasteiger partial charge in [0.2, 0.25) is 11.8 Å². The largest absolute Gasteiger partial charge is 0.444 e. The van der Waals surface area contributed by atoms with Gasteiger partial charge in [-0.3, -0.25) is 4.79 Å². The molecule has 1 aliphatic heterocycles. The van der Waals surface area contributed by atoms with Crippen molar-refractivity contribution >= 4 is 12.0 Å². The van der Waals surface area contributed by atoms with Crippen LogP contribution in [0.4, 0.5) is 4.79 Å². The van der Waals surface area contributed by atoms with Gasteiger partial charge in [-0.25, -0.2) is 4.79 Å². The summed E-state index contributed by atoms with van der Waals surface area (Å²) >= 11 is 0. The van der Waals surface area contributed by atoms with Gasteiger partial charge >= 0.3 is 6.09 Å². The first kappa shape index (κ1) is 25.7. The molecule has 0 radical (unpaired) electrons. The molecule has 1 aromatic carbocycles. The van der Waals surface area contributed by atoms with Crippen LogP contribution in [0.15, 0.2) is 34.9 Å². The molecule has 2 amide bonds. The number of aromatic nitrogens is 2. The Morgan fingerprint density at radius 2 is 1.89 bits per heavy atom. The van der Waals surface area contributed by atoms with Crippen LogP contribution in [0.25, 0.3) is 0 Å². The zero-order valence-electron chi connectivity index (χ0n) is 22.3. The highest BCUT2D eigenvalue weighted by atomic mass is 16.6. The smallest absolute Gasteiger partial charge is 0.408 e. The number of rotatable bonds is 8. The van der Waals surface area contributed by atoms with Gasteiger partial charge in [-0.05, 0) is 65.4 Å². The average Bonchev–Trinajstić information content (AvgIpc) is 3.78. The summed E-state index contributed by atoms with van der Waals surface area (Å²) in [5.74, 6) is 2.15. The van der Waals surface area contributed by atoms with Gasteiger partial charge in [-0.2, -0.15) is 4.98 Å². The van der Waals surface area contributed by atoms with Gasteiger partial charge in [0.1, 0.15) is 11.6 Å². The van der Waals surface area contributed by atoms with E-state index in [1.54, 1.807) is 32.6 Å². The molecule has 2 N–H and O–H groups in total. The van der Waals surface area contributed by atoms with E-state index in [4.69, 9.17) is 14.2 Å². The second kappa shape index (κ2) is 10.1. The quantitative estimate of drug-likeness (QED) is 0.556. The molecule has 2 saturated carbocycles. The molecule has 1 saturated heterocycles. The van der Waals surface area contributed by atoms with E-state index in [0.717, 1.165) is 38.1 Å². The molecule has 0 unspecified atom stereocenters. The van der Waals surface area contributed by atoms with E-state index in [0.29, 0.717) is 30.9 Å². The Balaban J connectivity index is 1.08. The van der Waals surface area contributed by atoms with Crippen molar-refractivity contribution in [2.45, 2.75) is 94.7 Å². The number of piperidine rings is 1. The third kappa shape index (κ3) is 6.14. The predicted molar refractivity (Wildman–Crippen MR) is 138 cm³/mol. The Kier molecular flexibility index (Phi) is 7.00. The molecule has 0 spiro atoms. The Bertz CT molecular complexity index is 1100. The second-order valence-corrected chi connectivity index (χ2v) is 11.9. The van der Waals surface area contributed by atoms with Crippen molar-refractivity contribution in [3.63, 3.8) is 0 Å². The third-order valence-electron chi connectivity index (χ3n) is 7.75. The second-order valence-electron chi connectivity index (χ2n) is 11.9. The summed E-state index contributed by atoms with van der Waals surface area (Å²) in [6, 6.07) is 10.6. The van der Waals surface area contributed by atoms with Crippen molar-refractivity contribution in [1.82, 2.24) is 25.7 Å². The lowest BCUT2D eigenvalue weighted by Crippen LogP contribution is -2.50. The fraction of sp³-hybridized carbons (Fsp3) is 0.643. The van der Waals surface area contributed by atoms with Crippen LogP contribution in [-0.2, 0) is 14.9 Å². The fourth-order valence-electron chi connectivity index (χ4n) is 5.23. The first-order chi connectivity index (χ1) is 17.6. The maximum atomic E-state index is 12.8. The first-order valence-electron chi connectivity index (χ1n) is 13.5. The van der Waals surface area contributed by atoms with Gasteiger partial charge in [0.05, 0.1) is 0 Å². The summed E-state index contributed by atoms with van der Waals surface area (Å²) in [4.78, 5) is 31.5. The SMILES string of the molecule is C[C@H](NC(=O)OC(C)(C)C)C(=O)N1CCC(c2nc(C3(CN[C@@H]4C[C@H]4c4ccccc4)CC3)no2)CC1. The average molecular weight is 510 g/mol. The Hall–Kier alpha value is -2.94. The van der Waals surface area contributed by atoms with Gasteiger partial charge in [0.25, 0.3) is 0 Å². The number of carbonyl (C=O) groups is 2. The topological polar surface area (TPSA) is 110 Å². The lowest BCUT2D eigenvalue weighted by molar-refractivity contribution is -0.134. The van der Waals surface area contributed by atoms with Crippen molar-refractivity contribution in [2.24, 2.45) is 0 Å². The summed E-state index contributed by atoms with van der Waals surface area (Å²) in [5.41, 5.74) is 0.794. The van der Waals surface area contributed by atoms with Crippen molar-refractivity contribution in [3.8, 4) is 0 Å². The van der Waals surface area contributed by atoms with E-state index in [2.05, 4.69) is 46.1 Å². The molecule has 200 valence electrons. The monoisotopic (exact) mass is 509 g/mol. The molecule has 3 aliphatic rings. The van der Waals surface area contributed by atoms with Gasteiger partial charge in [-0.15, -0.1) is 0 Å². The van der Waals surface area contributed by atoms with Crippen LogP contribution in [-0.4, -0.2) is 64.4 Å². The van der Waals surface area contributed by atoms with Crippen LogP contribution in [0.3, 0.4) is 0 Å². The minimum atomic E-state index is -0.642. The number of hydrogen-bond donors (Lipinski definition) is 2. The summed E-state index contributed by atoms with van der Waals surface area (Å²) in [7, 11) is 0. The molecule has 37 heavy (non-hydrogen) atoms. The number of ether oxygens (including phenoxy) is 1. The van der Waals surface area contributed by atoms with Gasteiger partial charge in [0.15, 0.2) is 5.82 Å². The number of carbonyl (C=O) groups excluding carboxylic acids is 2. The summed E-state index contributed by atoms with van der Waals surface area (Å²) in [5, 5.41) is 10.8. The van der Waals surface area contributed by atoms with E-state index >= 15 is 0 Å². The Morgan fingerprint density at radius 1 is 1.19 bits per heavy atom. The van der Waals surface area contributed by atoms with Crippen LogP contribution < -0.4 is 10.6 Å². The minimum absolute atomic E-state index is 0.00892. The molecule has 3 fully saturated rings. The first-order valence-corrected chi connectivity index (χ1v) is 13.5. The number of likely N-dealkylation sites (tertiary alicyclic amines) is 1. The number of amides is 2. The van der Waals surface area contributed by atoms with E-state index < -0.39 is 17.7 Å². The molecule has 9 heteroatoms. The van der Waals surface area contributed by atoms with Gasteiger partial charge < -0.3 is 24.8 Å². The fourth-order valence-corrected chi connectivity index (χ4v) is 5.23. The van der Waals surface area contributed by atoms with E-state index in [-0.39, 0.29) is 17.2 Å². The maximum Gasteiger partial charge on any atom is 0.408 e. The summed E-state index contributed by atoms with van der Waals surface area (Å²) < 4.78 is 11.0. The van der Waals surface area contributed by atoms with Crippen LogP contribution in [0.5, 0.6) is 0 Å². The highest BCUT2D eigenvalue weighted by Gasteiger charge is 2.50. The molecule has 1 aromatic heterocycles. The predicted octanol–water partition coefficient (Wildman–Crippen LogP) is 3.87. The third-order valence-corrected chi connectivity index (χ3v) is 7.75. The highest BCUT2D eigenvalue weighted by Crippen LogP contribution is 2.48. The van der Waals surface area contributed by atoms with Gasteiger partial charge in [0, 0.05) is 42.9 Å². The zero-order valence-corrected chi connectivity index (χ0v) is 22.3.